The molecule has 0 bridgehead atoms. The number of rotatable bonds is 7. The van der Waals surface area contributed by atoms with Gasteiger partial charge in [-0.25, -0.2) is 17.5 Å². The highest BCUT2D eigenvalue weighted by Crippen LogP contribution is 2.22. The third kappa shape index (κ3) is 5.01. The predicted octanol–water partition coefficient (Wildman–Crippen LogP) is 2.20. The van der Waals surface area contributed by atoms with Crippen molar-refractivity contribution >= 4 is 27.7 Å². The average Bonchev–Trinajstić information content (AvgIpc) is 3.44. The molecule has 1 heterocycles. The van der Waals surface area contributed by atoms with Crippen LogP contribution in [0.3, 0.4) is 0 Å². The summed E-state index contributed by atoms with van der Waals surface area (Å²) < 4.78 is 42.3. The first-order chi connectivity index (χ1) is 14.8. The maximum Gasteiger partial charge on any atom is 0.248 e. The summed E-state index contributed by atoms with van der Waals surface area (Å²) in [5.41, 5.74) is 1.14. The van der Waals surface area contributed by atoms with E-state index in [0.717, 1.165) is 12.8 Å². The lowest BCUT2D eigenvalue weighted by molar-refractivity contribution is -0.111. The van der Waals surface area contributed by atoms with Crippen molar-refractivity contribution in [2.45, 2.75) is 30.7 Å². The second-order valence-electron chi connectivity index (χ2n) is 7.09. The number of benzene rings is 2. The Hall–Kier alpha value is -3.44. The molecule has 1 amide bonds. The molecule has 0 atom stereocenters. The zero-order valence-corrected chi connectivity index (χ0v) is 17.3. The van der Waals surface area contributed by atoms with Gasteiger partial charge in [-0.15, -0.1) is 5.10 Å². The van der Waals surface area contributed by atoms with E-state index in [0.29, 0.717) is 17.1 Å². The minimum absolute atomic E-state index is 0.0324. The van der Waals surface area contributed by atoms with E-state index in [4.69, 9.17) is 0 Å². The molecule has 1 saturated carbocycles. The first kappa shape index (κ1) is 20.8. The Labute approximate surface area is 178 Å². The van der Waals surface area contributed by atoms with Crippen molar-refractivity contribution in [3.8, 4) is 5.69 Å². The topological polar surface area (TPSA) is 119 Å². The highest BCUT2D eigenvalue weighted by Gasteiger charge is 2.27. The van der Waals surface area contributed by atoms with Crippen LogP contribution in [-0.4, -0.2) is 40.6 Å². The maximum absolute atomic E-state index is 14.1. The predicted molar refractivity (Wildman–Crippen MR) is 111 cm³/mol. The molecule has 9 nitrogen and oxygen atoms in total. The summed E-state index contributed by atoms with van der Waals surface area (Å²) in [7, 11) is -3.52. The number of nitrogens with one attached hydrogen (secondary N) is 2. The Morgan fingerprint density at radius 1 is 1.19 bits per heavy atom. The fourth-order valence-electron chi connectivity index (χ4n) is 2.81. The molecule has 11 heteroatoms. The number of anilines is 1. The van der Waals surface area contributed by atoms with Gasteiger partial charge in [0.1, 0.15) is 11.5 Å². The number of hydrogen-bond acceptors (Lipinski definition) is 6. The van der Waals surface area contributed by atoms with E-state index in [9.17, 15) is 17.6 Å². The number of carbonyl (C=O) groups is 1. The highest BCUT2D eigenvalue weighted by atomic mass is 32.2. The molecule has 1 aliphatic rings. The number of carbonyl (C=O) groups excluding carboxylic acids is 1. The van der Waals surface area contributed by atoms with Crippen LogP contribution in [0.2, 0.25) is 0 Å². The standard InChI is InChI=1S/C20H19FN6O3S/c1-13-23-25-26-27(13)19-12-16(7-10-18(19)21)22-20(28)11-4-14-2-8-17(9-3-14)31(29,30)24-15-5-6-15/h2-4,7-12,15,24H,5-6H2,1H3,(H,22,28)/b11-4+. The molecule has 160 valence electrons. The van der Waals surface area contributed by atoms with Gasteiger partial charge >= 0.3 is 0 Å². The summed E-state index contributed by atoms with van der Waals surface area (Å²) in [4.78, 5) is 12.4. The molecule has 1 fully saturated rings. The Morgan fingerprint density at radius 2 is 1.94 bits per heavy atom. The zero-order chi connectivity index (χ0) is 22.0. The molecular formula is C20H19FN6O3S. The number of nitrogens with zero attached hydrogens (tertiary/aromatic N) is 4. The maximum atomic E-state index is 14.1. The molecule has 1 aromatic heterocycles. The van der Waals surface area contributed by atoms with Crippen LogP contribution in [0.15, 0.2) is 53.4 Å². The molecule has 2 N–H and O–H groups in total. The molecule has 3 aromatic rings. The third-order valence-corrected chi connectivity index (χ3v) is 6.12. The quantitative estimate of drug-likeness (QED) is 0.542. The molecule has 4 rings (SSSR count). The first-order valence-corrected chi connectivity index (χ1v) is 11.0. The van der Waals surface area contributed by atoms with E-state index in [1.54, 1.807) is 25.1 Å². The fraction of sp³-hybridized carbons (Fsp3) is 0.200. The molecule has 2 aromatic carbocycles. The molecule has 0 aliphatic heterocycles. The molecule has 0 saturated heterocycles. The summed E-state index contributed by atoms with van der Waals surface area (Å²) >= 11 is 0. The Bertz CT molecular complexity index is 1250. The van der Waals surface area contributed by atoms with Gasteiger partial charge < -0.3 is 5.32 Å². The van der Waals surface area contributed by atoms with Gasteiger partial charge in [-0.1, -0.05) is 12.1 Å². The SMILES string of the molecule is Cc1nnnn1-c1cc(NC(=O)/C=C/c2ccc(S(=O)(=O)NC3CC3)cc2)ccc1F. The van der Waals surface area contributed by atoms with Crippen molar-refractivity contribution in [1.82, 2.24) is 24.9 Å². The molecule has 1 aliphatic carbocycles. The van der Waals surface area contributed by atoms with Crippen LogP contribution in [-0.2, 0) is 14.8 Å². The van der Waals surface area contributed by atoms with Crippen molar-refractivity contribution < 1.29 is 17.6 Å². The van der Waals surface area contributed by atoms with Gasteiger partial charge in [0, 0.05) is 17.8 Å². The van der Waals surface area contributed by atoms with E-state index in [-0.39, 0.29) is 16.6 Å². The molecule has 0 spiro atoms. The first-order valence-electron chi connectivity index (χ1n) is 9.48. The molecule has 0 unspecified atom stereocenters. The van der Waals surface area contributed by atoms with E-state index >= 15 is 0 Å². The van der Waals surface area contributed by atoms with Crippen molar-refractivity contribution in [3.63, 3.8) is 0 Å². The number of hydrogen-bond donors (Lipinski definition) is 2. The van der Waals surface area contributed by atoms with Crippen LogP contribution in [0.5, 0.6) is 0 Å². The van der Waals surface area contributed by atoms with E-state index in [1.165, 1.54) is 41.1 Å². The largest absolute Gasteiger partial charge is 0.322 e. The van der Waals surface area contributed by atoms with Crippen molar-refractivity contribution in [1.29, 1.82) is 0 Å². The lowest BCUT2D eigenvalue weighted by Gasteiger charge is -2.07. The Kier molecular flexibility index (Phi) is 5.61. The number of amides is 1. The minimum atomic E-state index is -3.52. The molecule has 31 heavy (non-hydrogen) atoms. The van der Waals surface area contributed by atoms with Crippen LogP contribution in [0.25, 0.3) is 11.8 Å². The van der Waals surface area contributed by atoms with Gasteiger partial charge in [0.25, 0.3) is 0 Å². The Morgan fingerprint density at radius 3 is 2.58 bits per heavy atom. The van der Waals surface area contributed by atoms with Crippen LogP contribution < -0.4 is 10.0 Å². The molecule has 0 radical (unpaired) electrons. The number of sulfonamides is 1. The van der Waals surface area contributed by atoms with Gasteiger partial charge in [-0.2, -0.15) is 4.68 Å². The van der Waals surface area contributed by atoms with Crippen molar-refractivity contribution in [3.05, 3.63) is 65.7 Å². The summed E-state index contributed by atoms with van der Waals surface area (Å²) in [5.74, 6) is -0.562. The number of aromatic nitrogens is 4. The second kappa shape index (κ2) is 8.36. The Balaban J connectivity index is 1.42. The van der Waals surface area contributed by atoms with Gasteiger partial charge in [-0.3, -0.25) is 4.79 Å². The van der Waals surface area contributed by atoms with Crippen LogP contribution >= 0.6 is 0 Å². The highest BCUT2D eigenvalue weighted by molar-refractivity contribution is 7.89. The van der Waals surface area contributed by atoms with Crippen LogP contribution in [0.1, 0.15) is 24.2 Å². The van der Waals surface area contributed by atoms with Crippen LogP contribution in [0, 0.1) is 12.7 Å². The molecular weight excluding hydrogens is 423 g/mol. The smallest absolute Gasteiger partial charge is 0.248 e. The summed E-state index contributed by atoms with van der Waals surface area (Å²) in [6, 6.07) is 10.3. The van der Waals surface area contributed by atoms with Gasteiger partial charge in [0.15, 0.2) is 5.82 Å². The van der Waals surface area contributed by atoms with Crippen LogP contribution in [0.4, 0.5) is 10.1 Å². The van der Waals surface area contributed by atoms with E-state index < -0.39 is 21.7 Å². The van der Waals surface area contributed by atoms with Crippen molar-refractivity contribution in [2.75, 3.05) is 5.32 Å². The zero-order valence-electron chi connectivity index (χ0n) is 16.5. The summed E-state index contributed by atoms with van der Waals surface area (Å²) in [5, 5.41) is 13.6. The fourth-order valence-corrected chi connectivity index (χ4v) is 4.11. The van der Waals surface area contributed by atoms with Crippen molar-refractivity contribution in [2.24, 2.45) is 0 Å². The average molecular weight is 442 g/mol. The monoisotopic (exact) mass is 442 g/mol. The summed E-state index contributed by atoms with van der Waals surface area (Å²) in [6.07, 6.45) is 4.58. The van der Waals surface area contributed by atoms with Gasteiger partial charge in [-0.05, 0) is 72.2 Å². The van der Waals surface area contributed by atoms with E-state index in [2.05, 4.69) is 25.6 Å². The van der Waals surface area contributed by atoms with Gasteiger partial charge in [0.2, 0.25) is 15.9 Å². The number of aryl methyl sites for hydroxylation is 1. The lowest BCUT2D eigenvalue weighted by atomic mass is 10.2. The second-order valence-corrected chi connectivity index (χ2v) is 8.81. The number of halogens is 1. The number of tetrazole rings is 1. The summed E-state index contributed by atoms with van der Waals surface area (Å²) in [6.45, 7) is 1.63. The van der Waals surface area contributed by atoms with E-state index in [1.807, 2.05) is 0 Å². The lowest BCUT2D eigenvalue weighted by Crippen LogP contribution is -2.25. The third-order valence-electron chi connectivity index (χ3n) is 4.58. The normalized spacial score (nSPS) is 14.1. The van der Waals surface area contributed by atoms with Gasteiger partial charge in [0.05, 0.1) is 4.90 Å². The minimum Gasteiger partial charge on any atom is -0.322 e.